The van der Waals surface area contributed by atoms with Crippen molar-refractivity contribution in [2.24, 2.45) is 0 Å². The Bertz CT molecular complexity index is 245. The van der Waals surface area contributed by atoms with Crippen LogP contribution in [-0.2, 0) is 19.1 Å². The van der Waals surface area contributed by atoms with Gasteiger partial charge in [-0.25, -0.2) is 5.32 Å². The Morgan fingerprint density at radius 3 is 1.35 bits per heavy atom. The predicted molar refractivity (Wildman–Crippen MR) is 63.6 cm³/mol. The van der Waals surface area contributed by atoms with E-state index in [4.69, 9.17) is 9.47 Å². The Morgan fingerprint density at radius 2 is 1.12 bits per heavy atom. The van der Waals surface area contributed by atoms with Crippen molar-refractivity contribution in [1.29, 1.82) is 0 Å². The Kier molecular flexibility index (Phi) is 5.61. The van der Waals surface area contributed by atoms with Gasteiger partial charge in [0.25, 0.3) is 0 Å². The fourth-order valence-corrected chi connectivity index (χ4v) is 0.986. The molecule has 0 atom stereocenters. The smallest absolute Gasteiger partial charge is 0.322 e. The monoisotopic (exact) mass is 244 g/mol. The van der Waals surface area contributed by atoms with Crippen LogP contribution in [0.2, 0.25) is 0 Å². The summed E-state index contributed by atoms with van der Waals surface area (Å²) in [5.41, 5.74) is -1.06. The minimum atomic E-state index is -0.529. The molecular weight excluding hydrogens is 222 g/mol. The van der Waals surface area contributed by atoms with Gasteiger partial charge in [0, 0.05) is 0 Å². The first-order valence-electron chi connectivity index (χ1n) is 5.56. The molecule has 0 spiro atoms. The summed E-state index contributed by atoms with van der Waals surface area (Å²) in [6.07, 6.45) is 0. The van der Waals surface area contributed by atoms with Crippen LogP contribution in [0.5, 0.6) is 0 Å². The molecule has 0 aromatic heterocycles. The van der Waals surface area contributed by atoms with E-state index in [0.717, 1.165) is 0 Å². The Labute approximate surface area is 103 Å². The summed E-state index contributed by atoms with van der Waals surface area (Å²) in [7, 11) is 0. The first kappa shape index (κ1) is 15.9. The van der Waals surface area contributed by atoms with Crippen molar-refractivity contribution in [1.82, 2.24) is 5.32 Å². The zero-order valence-corrected chi connectivity index (χ0v) is 11.5. The summed E-state index contributed by atoms with van der Waals surface area (Å²) >= 11 is 0. The molecule has 99 valence electrons. The third-order valence-electron chi connectivity index (χ3n) is 1.32. The van der Waals surface area contributed by atoms with Crippen molar-refractivity contribution in [3.8, 4) is 0 Å². The number of hydrogen-bond acceptors (Lipinski definition) is 4. The van der Waals surface area contributed by atoms with Crippen LogP contribution < -0.4 is 5.32 Å². The third kappa shape index (κ3) is 11.2. The molecule has 0 fully saturated rings. The molecule has 0 aromatic carbocycles. The van der Waals surface area contributed by atoms with E-state index in [2.05, 4.69) is 5.32 Å². The first-order chi connectivity index (χ1) is 7.49. The van der Waals surface area contributed by atoms with Gasteiger partial charge in [-0.05, 0) is 41.5 Å². The van der Waals surface area contributed by atoms with E-state index in [1.807, 2.05) is 0 Å². The lowest BCUT2D eigenvalue weighted by molar-refractivity contribution is -0.155. The topological polar surface area (TPSA) is 66.7 Å². The van der Waals surface area contributed by atoms with Gasteiger partial charge < -0.3 is 9.47 Å². The summed E-state index contributed by atoms with van der Waals surface area (Å²) in [5.74, 6) is -0.887. The van der Waals surface area contributed by atoms with E-state index in [1.165, 1.54) is 0 Å². The quantitative estimate of drug-likeness (QED) is 0.698. The molecule has 0 aliphatic heterocycles. The SMILES string of the molecule is CC(C)(C)OC(=O)C[N]CC(=O)OC(C)(C)C. The van der Waals surface area contributed by atoms with Crippen molar-refractivity contribution < 1.29 is 19.1 Å². The molecule has 0 saturated carbocycles. The van der Waals surface area contributed by atoms with Gasteiger partial charge in [0.1, 0.15) is 24.3 Å². The number of nitrogens with zero attached hydrogens (tertiary/aromatic N) is 1. The highest BCUT2D eigenvalue weighted by Gasteiger charge is 2.18. The second-order valence-corrected chi connectivity index (χ2v) is 5.71. The summed E-state index contributed by atoms with van der Waals surface area (Å²) in [6, 6.07) is 0. The summed E-state index contributed by atoms with van der Waals surface area (Å²) < 4.78 is 10.1. The van der Waals surface area contributed by atoms with Crippen LogP contribution in [0.3, 0.4) is 0 Å². The van der Waals surface area contributed by atoms with Crippen LogP contribution in [0.4, 0.5) is 0 Å². The van der Waals surface area contributed by atoms with Crippen LogP contribution in [0.15, 0.2) is 0 Å². The number of carbonyl (C=O) groups is 2. The van der Waals surface area contributed by atoms with Gasteiger partial charge in [-0.15, -0.1) is 0 Å². The Morgan fingerprint density at radius 1 is 0.824 bits per heavy atom. The fraction of sp³-hybridized carbons (Fsp3) is 0.833. The molecule has 0 aliphatic rings. The van der Waals surface area contributed by atoms with Gasteiger partial charge in [0.05, 0.1) is 0 Å². The van der Waals surface area contributed by atoms with E-state index < -0.39 is 23.1 Å². The minimum absolute atomic E-state index is 0.128. The molecule has 0 saturated heterocycles. The molecule has 1 radical (unpaired) electrons. The highest BCUT2D eigenvalue weighted by molar-refractivity contribution is 5.75. The first-order valence-corrected chi connectivity index (χ1v) is 5.56. The van der Waals surface area contributed by atoms with E-state index in [9.17, 15) is 9.59 Å². The van der Waals surface area contributed by atoms with Crippen molar-refractivity contribution in [2.45, 2.75) is 52.7 Å². The van der Waals surface area contributed by atoms with E-state index in [-0.39, 0.29) is 13.1 Å². The third-order valence-corrected chi connectivity index (χ3v) is 1.32. The van der Waals surface area contributed by atoms with Crippen LogP contribution in [0.1, 0.15) is 41.5 Å². The summed E-state index contributed by atoms with van der Waals surface area (Å²) in [5, 5.41) is 3.79. The van der Waals surface area contributed by atoms with E-state index in [0.29, 0.717) is 0 Å². The zero-order valence-electron chi connectivity index (χ0n) is 11.5. The average molecular weight is 244 g/mol. The zero-order chi connectivity index (χ0) is 13.7. The maximum Gasteiger partial charge on any atom is 0.322 e. The lowest BCUT2D eigenvalue weighted by atomic mass is 10.2. The predicted octanol–water partition coefficient (Wildman–Crippen LogP) is 1.27. The molecule has 0 unspecified atom stereocenters. The molecule has 0 bridgehead atoms. The lowest BCUT2D eigenvalue weighted by Crippen LogP contribution is -2.33. The van der Waals surface area contributed by atoms with Crippen molar-refractivity contribution in [3.63, 3.8) is 0 Å². The van der Waals surface area contributed by atoms with Gasteiger partial charge in [-0.1, -0.05) is 0 Å². The van der Waals surface area contributed by atoms with E-state index >= 15 is 0 Å². The van der Waals surface area contributed by atoms with Crippen LogP contribution >= 0.6 is 0 Å². The summed E-state index contributed by atoms with van der Waals surface area (Å²) in [4.78, 5) is 22.5. The molecule has 5 heteroatoms. The standard InChI is InChI=1S/C12H22NO4/c1-11(2,3)16-9(14)7-13-8-10(15)17-12(4,5)6/h7-8H2,1-6H3. The maximum atomic E-state index is 11.3. The Balaban J connectivity index is 3.78. The molecule has 0 rings (SSSR count). The molecular formula is C12H22NO4. The second kappa shape index (κ2) is 6.00. The Hall–Kier alpha value is -1.10. The van der Waals surface area contributed by atoms with E-state index in [1.54, 1.807) is 41.5 Å². The lowest BCUT2D eigenvalue weighted by Gasteiger charge is -2.20. The number of carbonyl (C=O) groups excluding carboxylic acids is 2. The number of esters is 2. The van der Waals surface area contributed by atoms with Crippen LogP contribution in [-0.4, -0.2) is 36.2 Å². The normalized spacial score (nSPS) is 12.1. The highest BCUT2D eigenvalue weighted by atomic mass is 16.6. The highest BCUT2D eigenvalue weighted by Crippen LogP contribution is 2.07. The number of ether oxygens (including phenoxy) is 2. The van der Waals surface area contributed by atoms with Gasteiger partial charge in [0.2, 0.25) is 0 Å². The second-order valence-electron chi connectivity index (χ2n) is 5.71. The number of hydrogen-bond donors (Lipinski definition) is 0. The molecule has 0 amide bonds. The van der Waals surface area contributed by atoms with Crippen molar-refractivity contribution in [2.75, 3.05) is 13.1 Å². The van der Waals surface area contributed by atoms with Crippen LogP contribution in [0, 0.1) is 0 Å². The fourth-order valence-electron chi connectivity index (χ4n) is 0.986. The molecule has 0 N–H and O–H groups in total. The van der Waals surface area contributed by atoms with Gasteiger partial charge in [-0.2, -0.15) is 0 Å². The van der Waals surface area contributed by atoms with Crippen molar-refractivity contribution in [3.05, 3.63) is 0 Å². The molecule has 0 aromatic rings. The van der Waals surface area contributed by atoms with Gasteiger partial charge >= 0.3 is 11.9 Å². The van der Waals surface area contributed by atoms with Crippen LogP contribution in [0.25, 0.3) is 0 Å². The minimum Gasteiger partial charge on any atom is -0.459 e. The molecule has 5 nitrogen and oxygen atoms in total. The maximum absolute atomic E-state index is 11.3. The largest absolute Gasteiger partial charge is 0.459 e. The molecule has 0 aliphatic carbocycles. The summed E-state index contributed by atoms with van der Waals surface area (Å²) in [6.45, 7) is 10.4. The van der Waals surface area contributed by atoms with Gasteiger partial charge in [-0.3, -0.25) is 9.59 Å². The molecule has 17 heavy (non-hydrogen) atoms. The van der Waals surface area contributed by atoms with Gasteiger partial charge in [0.15, 0.2) is 0 Å². The molecule has 0 heterocycles. The number of rotatable bonds is 4. The van der Waals surface area contributed by atoms with Crippen molar-refractivity contribution >= 4 is 11.9 Å². The average Bonchev–Trinajstić information content (AvgIpc) is 1.95.